The van der Waals surface area contributed by atoms with Gasteiger partial charge in [0.05, 0.1) is 11.7 Å². The molecule has 2 aromatic rings. The molecule has 0 aliphatic rings. The lowest BCUT2D eigenvalue weighted by molar-refractivity contribution is 0.575. The van der Waals surface area contributed by atoms with Crippen LogP contribution in [0.2, 0.25) is 0 Å². The summed E-state index contributed by atoms with van der Waals surface area (Å²) >= 11 is 0. The molecular formula is C19H26N. The molecule has 0 fully saturated rings. The van der Waals surface area contributed by atoms with Crippen LogP contribution in [0.4, 0.5) is 0 Å². The van der Waals surface area contributed by atoms with Crippen molar-refractivity contribution in [1.29, 1.82) is 0 Å². The molecule has 0 saturated heterocycles. The Hall–Kier alpha value is -1.37. The Bertz CT molecular complexity index is 504. The van der Waals surface area contributed by atoms with Crippen molar-refractivity contribution in [3.63, 3.8) is 0 Å². The molecule has 0 aliphatic heterocycles. The lowest BCUT2D eigenvalue weighted by Crippen LogP contribution is -1.88. The second-order valence-corrected chi connectivity index (χ2v) is 5.69. The molecule has 20 heavy (non-hydrogen) atoms. The number of rotatable bonds is 9. The summed E-state index contributed by atoms with van der Waals surface area (Å²) in [6.45, 7) is 2.27. The summed E-state index contributed by atoms with van der Waals surface area (Å²) in [6.07, 6.45) is 15.2. The highest BCUT2D eigenvalue weighted by Gasteiger charge is 1.98. The van der Waals surface area contributed by atoms with Crippen LogP contribution < -0.4 is 0 Å². The van der Waals surface area contributed by atoms with E-state index in [2.05, 4.69) is 42.4 Å². The number of pyridine rings is 1. The Morgan fingerprint density at radius 3 is 2.45 bits per heavy atom. The third-order valence-corrected chi connectivity index (χ3v) is 3.93. The number of aryl methyl sites for hydroxylation is 1. The van der Waals surface area contributed by atoms with Gasteiger partial charge in [0.25, 0.3) is 0 Å². The highest BCUT2D eigenvalue weighted by Crippen LogP contribution is 2.16. The van der Waals surface area contributed by atoms with Gasteiger partial charge in [-0.3, -0.25) is 0 Å². The van der Waals surface area contributed by atoms with Gasteiger partial charge in [0, 0.05) is 5.39 Å². The van der Waals surface area contributed by atoms with Gasteiger partial charge in [-0.15, -0.1) is 0 Å². The molecule has 0 unspecified atom stereocenters. The van der Waals surface area contributed by atoms with Crippen molar-refractivity contribution in [2.75, 3.05) is 0 Å². The third kappa shape index (κ3) is 4.96. The van der Waals surface area contributed by atoms with E-state index < -0.39 is 0 Å². The SMILES string of the molecule is CCCCCCCCCCc1ccc2n[c]ccc2c1. The van der Waals surface area contributed by atoms with Gasteiger partial charge >= 0.3 is 0 Å². The van der Waals surface area contributed by atoms with Crippen molar-refractivity contribution in [3.05, 3.63) is 42.1 Å². The minimum absolute atomic E-state index is 1.05. The Morgan fingerprint density at radius 1 is 0.900 bits per heavy atom. The van der Waals surface area contributed by atoms with Gasteiger partial charge in [-0.05, 0) is 36.6 Å². The number of hydrogen-bond acceptors (Lipinski definition) is 1. The van der Waals surface area contributed by atoms with E-state index in [0.717, 1.165) is 5.52 Å². The van der Waals surface area contributed by atoms with Crippen molar-refractivity contribution in [2.24, 2.45) is 0 Å². The zero-order valence-electron chi connectivity index (χ0n) is 12.7. The summed E-state index contributed by atoms with van der Waals surface area (Å²) in [4.78, 5) is 4.24. The second-order valence-electron chi connectivity index (χ2n) is 5.69. The van der Waals surface area contributed by atoms with Crippen LogP contribution in [0.1, 0.15) is 63.9 Å². The maximum atomic E-state index is 4.24. The quantitative estimate of drug-likeness (QED) is 0.530. The van der Waals surface area contributed by atoms with Crippen molar-refractivity contribution in [1.82, 2.24) is 4.98 Å². The summed E-state index contributed by atoms with van der Waals surface area (Å²) in [7, 11) is 0. The molecule has 0 N–H and O–H groups in total. The van der Waals surface area contributed by atoms with Crippen molar-refractivity contribution >= 4 is 10.9 Å². The topological polar surface area (TPSA) is 12.9 Å². The minimum Gasteiger partial charge on any atom is -0.246 e. The third-order valence-electron chi connectivity index (χ3n) is 3.93. The van der Waals surface area contributed by atoms with Gasteiger partial charge in [0.15, 0.2) is 0 Å². The molecule has 0 bridgehead atoms. The first kappa shape index (κ1) is 15.0. The van der Waals surface area contributed by atoms with Gasteiger partial charge in [-0.1, -0.05) is 64.0 Å². The highest BCUT2D eigenvalue weighted by molar-refractivity contribution is 5.78. The zero-order chi connectivity index (χ0) is 14.0. The molecule has 0 atom stereocenters. The van der Waals surface area contributed by atoms with Crippen LogP contribution in [0, 0.1) is 6.20 Å². The van der Waals surface area contributed by atoms with E-state index in [4.69, 9.17) is 0 Å². The first-order chi connectivity index (χ1) is 9.90. The van der Waals surface area contributed by atoms with E-state index in [-0.39, 0.29) is 0 Å². The van der Waals surface area contributed by atoms with Crippen molar-refractivity contribution in [2.45, 2.75) is 64.7 Å². The number of hydrogen-bond donors (Lipinski definition) is 0. The van der Waals surface area contributed by atoms with E-state index >= 15 is 0 Å². The molecule has 1 nitrogen and oxygen atoms in total. The van der Waals surface area contributed by atoms with Crippen molar-refractivity contribution < 1.29 is 0 Å². The maximum Gasteiger partial charge on any atom is 0.0894 e. The van der Waals surface area contributed by atoms with Crippen LogP contribution in [0.3, 0.4) is 0 Å². The average molecular weight is 268 g/mol. The molecule has 0 amide bonds. The first-order valence-corrected chi connectivity index (χ1v) is 8.16. The Labute approximate surface area is 123 Å². The minimum atomic E-state index is 1.05. The smallest absolute Gasteiger partial charge is 0.0894 e. The molecule has 1 heterocycles. The van der Waals surface area contributed by atoms with E-state index in [0.29, 0.717) is 0 Å². The van der Waals surface area contributed by atoms with Crippen LogP contribution in [-0.2, 0) is 6.42 Å². The summed E-state index contributed by atoms with van der Waals surface area (Å²) < 4.78 is 0. The van der Waals surface area contributed by atoms with Gasteiger partial charge in [0.2, 0.25) is 0 Å². The van der Waals surface area contributed by atoms with Gasteiger partial charge in [-0.25, -0.2) is 4.98 Å². The van der Waals surface area contributed by atoms with E-state index in [1.165, 1.54) is 68.7 Å². The fourth-order valence-corrected chi connectivity index (χ4v) is 2.69. The standard InChI is InChI=1S/C19H26N/c1-2-3-4-5-6-7-8-9-11-17-13-14-19-18(16-17)12-10-15-20-19/h10,12-14,16H,2-9,11H2,1H3. The molecule has 1 heteroatoms. The van der Waals surface area contributed by atoms with Crippen LogP contribution in [0.15, 0.2) is 30.3 Å². The molecule has 1 aromatic carbocycles. The summed E-state index contributed by atoms with van der Waals surface area (Å²) in [6, 6.07) is 10.6. The lowest BCUT2D eigenvalue weighted by Gasteiger charge is -2.04. The normalized spacial score (nSPS) is 11.1. The molecule has 0 aliphatic carbocycles. The monoisotopic (exact) mass is 268 g/mol. The zero-order valence-corrected chi connectivity index (χ0v) is 12.7. The molecule has 0 saturated carbocycles. The van der Waals surface area contributed by atoms with Gasteiger partial charge in [0.1, 0.15) is 0 Å². The Balaban J connectivity index is 1.65. The predicted molar refractivity (Wildman–Crippen MR) is 86.9 cm³/mol. The molecule has 107 valence electrons. The van der Waals surface area contributed by atoms with Crippen molar-refractivity contribution in [3.8, 4) is 0 Å². The van der Waals surface area contributed by atoms with Crippen LogP contribution in [0.25, 0.3) is 10.9 Å². The highest BCUT2D eigenvalue weighted by atomic mass is 14.6. The summed E-state index contributed by atoms with van der Waals surface area (Å²) in [5, 5.41) is 1.24. The molecule has 2 rings (SSSR count). The Morgan fingerprint density at radius 2 is 1.65 bits per heavy atom. The summed E-state index contributed by atoms with van der Waals surface area (Å²) in [5.74, 6) is 0. The Kier molecular flexibility index (Phi) is 6.56. The second kappa shape index (κ2) is 8.73. The largest absolute Gasteiger partial charge is 0.246 e. The molecule has 1 radical (unpaired) electrons. The number of aromatic nitrogens is 1. The molecule has 1 aromatic heterocycles. The first-order valence-electron chi connectivity index (χ1n) is 8.16. The lowest BCUT2D eigenvalue weighted by atomic mass is 10.0. The fraction of sp³-hybridized carbons (Fsp3) is 0.526. The van der Waals surface area contributed by atoms with E-state index in [1.807, 2.05) is 6.07 Å². The number of nitrogens with zero attached hydrogens (tertiary/aromatic N) is 1. The molecular weight excluding hydrogens is 242 g/mol. The number of fused-ring (bicyclic) bond motifs is 1. The fourth-order valence-electron chi connectivity index (χ4n) is 2.69. The number of benzene rings is 1. The van der Waals surface area contributed by atoms with Crippen LogP contribution in [-0.4, -0.2) is 4.98 Å². The predicted octanol–water partition coefficient (Wildman–Crippen LogP) is 5.72. The van der Waals surface area contributed by atoms with E-state index in [9.17, 15) is 0 Å². The molecule has 0 spiro atoms. The van der Waals surface area contributed by atoms with Gasteiger partial charge in [-0.2, -0.15) is 0 Å². The number of unbranched alkanes of at least 4 members (excludes halogenated alkanes) is 7. The van der Waals surface area contributed by atoms with Crippen LogP contribution in [0.5, 0.6) is 0 Å². The van der Waals surface area contributed by atoms with Crippen LogP contribution >= 0.6 is 0 Å². The average Bonchev–Trinajstić information content (AvgIpc) is 2.50. The summed E-state index contributed by atoms with van der Waals surface area (Å²) in [5.41, 5.74) is 2.49. The van der Waals surface area contributed by atoms with Gasteiger partial charge < -0.3 is 0 Å². The maximum absolute atomic E-state index is 4.24. The van der Waals surface area contributed by atoms with E-state index in [1.54, 1.807) is 0 Å².